The monoisotopic (exact) mass is 219 g/mol. The summed E-state index contributed by atoms with van der Waals surface area (Å²) in [6, 6.07) is 8.75. The molecule has 0 saturated heterocycles. The van der Waals surface area contributed by atoms with Crippen molar-refractivity contribution < 1.29 is 5.11 Å². The van der Waals surface area contributed by atoms with Crippen molar-refractivity contribution in [1.29, 1.82) is 0 Å². The van der Waals surface area contributed by atoms with Gasteiger partial charge in [0.25, 0.3) is 0 Å². The smallest absolute Gasteiger partial charge is 0.0558 e. The fourth-order valence-electron chi connectivity index (χ4n) is 2.20. The van der Waals surface area contributed by atoms with Crippen molar-refractivity contribution in [3.8, 4) is 0 Å². The Kier molecular flexibility index (Phi) is 3.97. The van der Waals surface area contributed by atoms with Crippen molar-refractivity contribution in [3.05, 3.63) is 35.4 Å². The van der Waals surface area contributed by atoms with Gasteiger partial charge in [-0.05, 0) is 36.4 Å². The Morgan fingerprint density at radius 1 is 1.31 bits per heavy atom. The van der Waals surface area contributed by atoms with Gasteiger partial charge in [0.05, 0.1) is 6.61 Å². The van der Waals surface area contributed by atoms with Gasteiger partial charge < -0.3 is 5.11 Å². The lowest BCUT2D eigenvalue weighted by molar-refractivity contribution is 0.196. The van der Waals surface area contributed by atoms with E-state index in [-0.39, 0.29) is 6.61 Å². The standard InChI is InChI=1S/C14H21NO/c1-2-15(9-10-16)11-13-5-3-4-6-14(13)12-7-8-12/h3-6,12,16H,2,7-11H2,1H3. The molecular formula is C14H21NO. The Hall–Kier alpha value is -0.860. The number of nitrogens with zero attached hydrogens (tertiary/aromatic N) is 1. The molecule has 2 nitrogen and oxygen atoms in total. The molecule has 2 heteroatoms. The molecule has 0 unspecified atom stereocenters. The molecule has 0 atom stereocenters. The van der Waals surface area contributed by atoms with E-state index < -0.39 is 0 Å². The van der Waals surface area contributed by atoms with Crippen LogP contribution in [0, 0.1) is 0 Å². The van der Waals surface area contributed by atoms with Gasteiger partial charge in [-0.2, -0.15) is 0 Å². The van der Waals surface area contributed by atoms with Gasteiger partial charge in [0, 0.05) is 13.1 Å². The molecular weight excluding hydrogens is 198 g/mol. The molecule has 1 aromatic carbocycles. The van der Waals surface area contributed by atoms with Crippen LogP contribution in [0.25, 0.3) is 0 Å². The lowest BCUT2D eigenvalue weighted by Crippen LogP contribution is -2.26. The first-order valence-electron chi connectivity index (χ1n) is 6.26. The average Bonchev–Trinajstić information content (AvgIpc) is 3.13. The van der Waals surface area contributed by atoms with Crippen molar-refractivity contribution in [1.82, 2.24) is 4.90 Å². The highest BCUT2D eigenvalue weighted by atomic mass is 16.3. The highest BCUT2D eigenvalue weighted by Gasteiger charge is 2.25. The van der Waals surface area contributed by atoms with Crippen LogP contribution in [0.1, 0.15) is 36.8 Å². The number of likely N-dealkylation sites (N-methyl/N-ethyl adjacent to an activating group) is 1. The number of rotatable bonds is 6. The maximum Gasteiger partial charge on any atom is 0.0558 e. The van der Waals surface area contributed by atoms with Gasteiger partial charge >= 0.3 is 0 Å². The Bertz CT molecular complexity index is 333. The van der Waals surface area contributed by atoms with Crippen LogP contribution in [-0.4, -0.2) is 29.7 Å². The van der Waals surface area contributed by atoms with Crippen LogP contribution in [0.5, 0.6) is 0 Å². The molecule has 1 fully saturated rings. The molecule has 1 aliphatic rings. The molecule has 1 aromatic rings. The summed E-state index contributed by atoms with van der Waals surface area (Å²) in [6.45, 7) is 5.15. The molecule has 88 valence electrons. The van der Waals surface area contributed by atoms with Crippen LogP contribution >= 0.6 is 0 Å². The molecule has 1 N–H and O–H groups in total. The first kappa shape index (κ1) is 11.6. The molecule has 2 rings (SSSR count). The van der Waals surface area contributed by atoms with Gasteiger partial charge in [-0.1, -0.05) is 31.2 Å². The van der Waals surface area contributed by atoms with E-state index >= 15 is 0 Å². The molecule has 16 heavy (non-hydrogen) atoms. The van der Waals surface area contributed by atoms with Crippen LogP contribution in [0.4, 0.5) is 0 Å². The zero-order valence-corrected chi connectivity index (χ0v) is 10.0. The Labute approximate surface area is 97.9 Å². The van der Waals surface area contributed by atoms with Crippen molar-refractivity contribution >= 4 is 0 Å². The minimum absolute atomic E-state index is 0.249. The van der Waals surface area contributed by atoms with Crippen LogP contribution in [-0.2, 0) is 6.54 Å². The van der Waals surface area contributed by atoms with Crippen LogP contribution in [0.3, 0.4) is 0 Å². The Balaban J connectivity index is 2.07. The van der Waals surface area contributed by atoms with Gasteiger partial charge in [-0.15, -0.1) is 0 Å². The summed E-state index contributed by atoms with van der Waals surface area (Å²) in [6.07, 6.45) is 2.70. The normalized spacial score (nSPS) is 15.7. The van der Waals surface area contributed by atoms with Gasteiger partial charge in [-0.3, -0.25) is 4.90 Å². The van der Waals surface area contributed by atoms with E-state index in [4.69, 9.17) is 5.11 Å². The minimum atomic E-state index is 0.249. The van der Waals surface area contributed by atoms with Crippen LogP contribution in [0.2, 0.25) is 0 Å². The molecule has 0 spiro atoms. The zero-order chi connectivity index (χ0) is 11.4. The summed E-state index contributed by atoms with van der Waals surface area (Å²) >= 11 is 0. The largest absolute Gasteiger partial charge is 0.395 e. The number of aliphatic hydroxyl groups is 1. The maximum absolute atomic E-state index is 8.99. The third kappa shape index (κ3) is 2.83. The quantitative estimate of drug-likeness (QED) is 0.794. The van der Waals surface area contributed by atoms with E-state index in [0.717, 1.165) is 25.6 Å². The highest BCUT2D eigenvalue weighted by Crippen LogP contribution is 2.41. The minimum Gasteiger partial charge on any atom is -0.395 e. The first-order valence-corrected chi connectivity index (χ1v) is 6.26. The highest BCUT2D eigenvalue weighted by molar-refractivity contribution is 5.33. The fraction of sp³-hybridized carbons (Fsp3) is 0.571. The lowest BCUT2D eigenvalue weighted by atomic mass is 10.0. The molecule has 0 aromatic heterocycles. The van der Waals surface area contributed by atoms with E-state index in [9.17, 15) is 0 Å². The second-order valence-electron chi connectivity index (χ2n) is 4.57. The fourth-order valence-corrected chi connectivity index (χ4v) is 2.20. The van der Waals surface area contributed by atoms with Crippen LogP contribution < -0.4 is 0 Å². The summed E-state index contributed by atoms with van der Waals surface area (Å²) in [5.74, 6) is 0.809. The lowest BCUT2D eigenvalue weighted by Gasteiger charge is -2.20. The molecule has 1 saturated carbocycles. The van der Waals surface area contributed by atoms with Gasteiger partial charge in [0.2, 0.25) is 0 Å². The molecule has 0 aliphatic heterocycles. The second kappa shape index (κ2) is 5.46. The zero-order valence-electron chi connectivity index (χ0n) is 10.0. The maximum atomic E-state index is 8.99. The molecule has 1 aliphatic carbocycles. The number of aliphatic hydroxyl groups excluding tert-OH is 1. The molecule has 0 heterocycles. The van der Waals surface area contributed by atoms with Crippen molar-refractivity contribution in [2.24, 2.45) is 0 Å². The number of hydrogen-bond acceptors (Lipinski definition) is 2. The predicted octanol–water partition coefficient (Wildman–Crippen LogP) is 2.38. The SMILES string of the molecule is CCN(CCO)Cc1ccccc1C1CC1. The summed E-state index contributed by atoms with van der Waals surface area (Å²) in [5.41, 5.74) is 2.97. The molecule has 0 bridgehead atoms. The summed E-state index contributed by atoms with van der Waals surface area (Å²) in [5, 5.41) is 8.99. The summed E-state index contributed by atoms with van der Waals surface area (Å²) in [4.78, 5) is 2.29. The molecule has 0 amide bonds. The van der Waals surface area contributed by atoms with Gasteiger partial charge in [0.1, 0.15) is 0 Å². The summed E-state index contributed by atoms with van der Waals surface area (Å²) < 4.78 is 0. The van der Waals surface area contributed by atoms with E-state index in [0.29, 0.717) is 0 Å². The van der Waals surface area contributed by atoms with Gasteiger partial charge in [0.15, 0.2) is 0 Å². The van der Waals surface area contributed by atoms with Crippen LogP contribution in [0.15, 0.2) is 24.3 Å². The summed E-state index contributed by atoms with van der Waals surface area (Å²) in [7, 11) is 0. The number of benzene rings is 1. The van der Waals surface area contributed by atoms with E-state index in [2.05, 4.69) is 36.1 Å². The Morgan fingerprint density at radius 3 is 2.69 bits per heavy atom. The third-order valence-electron chi connectivity index (χ3n) is 3.33. The van der Waals surface area contributed by atoms with E-state index in [1.807, 2.05) is 0 Å². The second-order valence-corrected chi connectivity index (χ2v) is 4.57. The topological polar surface area (TPSA) is 23.5 Å². The van der Waals surface area contributed by atoms with Gasteiger partial charge in [-0.25, -0.2) is 0 Å². The average molecular weight is 219 g/mol. The Morgan fingerprint density at radius 2 is 2.06 bits per heavy atom. The number of hydrogen-bond donors (Lipinski definition) is 1. The van der Waals surface area contributed by atoms with Crippen molar-refractivity contribution in [2.45, 2.75) is 32.2 Å². The molecule has 0 radical (unpaired) electrons. The van der Waals surface area contributed by atoms with E-state index in [1.54, 1.807) is 0 Å². The predicted molar refractivity (Wildman–Crippen MR) is 66.5 cm³/mol. The van der Waals surface area contributed by atoms with E-state index in [1.165, 1.54) is 24.0 Å². The third-order valence-corrected chi connectivity index (χ3v) is 3.33. The van der Waals surface area contributed by atoms with Crippen molar-refractivity contribution in [2.75, 3.05) is 19.7 Å². The van der Waals surface area contributed by atoms with Crippen molar-refractivity contribution in [3.63, 3.8) is 0 Å². The first-order chi connectivity index (χ1) is 7.85.